The highest BCUT2D eigenvalue weighted by Crippen LogP contribution is 2.41. The zero-order valence-electron chi connectivity index (χ0n) is 11.9. The Morgan fingerprint density at radius 2 is 1.88 bits per heavy atom. The van der Waals surface area contributed by atoms with Gasteiger partial charge in [0.25, 0.3) is 0 Å². The average Bonchev–Trinajstić information content (AvgIpc) is 2.39. The standard InChI is InChI=1S/C14H27NO2/c1-10-9-15(7-6-11(10)16)12-8-13(2,3)17-14(12,4)5/h10-12,16H,6-9H2,1-5H3. The monoisotopic (exact) mass is 241 g/mol. The van der Waals surface area contributed by atoms with Gasteiger partial charge in [-0.2, -0.15) is 0 Å². The Balaban J connectivity index is 2.08. The molecule has 17 heavy (non-hydrogen) atoms. The molecule has 0 aromatic heterocycles. The Kier molecular flexibility index (Phi) is 3.30. The van der Waals surface area contributed by atoms with Gasteiger partial charge in [-0.3, -0.25) is 4.90 Å². The first-order valence-corrected chi connectivity index (χ1v) is 6.83. The number of aliphatic hydroxyl groups excluding tert-OH is 1. The minimum Gasteiger partial charge on any atom is -0.393 e. The van der Waals surface area contributed by atoms with Crippen LogP contribution in [0.4, 0.5) is 0 Å². The van der Waals surface area contributed by atoms with E-state index in [4.69, 9.17) is 4.74 Å². The van der Waals surface area contributed by atoms with E-state index in [1.54, 1.807) is 0 Å². The van der Waals surface area contributed by atoms with E-state index in [1.165, 1.54) is 0 Å². The van der Waals surface area contributed by atoms with Crippen molar-refractivity contribution >= 4 is 0 Å². The van der Waals surface area contributed by atoms with Gasteiger partial charge in [0, 0.05) is 19.1 Å². The highest BCUT2D eigenvalue weighted by Gasteiger charge is 2.49. The maximum atomic E-state index is 9.81. The first-order valence-electron chi connectivity index (χ1n) is 6.83. The van der Waals surface area contributed by atoms with Crippen molar-refractivity contribution < 1.29 is 9.84 Å². The van der Waals surface area contributed by atoms with Crippen molar-refractivity contribution in [3.63, 3.8) is 0 Å². The maximum absolute atomic E-state index is 9.81. The van der Waals surface area contributed by atoms with Gasteiger partial charge in [0.2, 0.25) is 0 Å². The maximum Gasteiger partial charge on any atom is 0.0789 e. The van der Waals surface area contributed by atoms with E-state index >= 15 is 0 Å². The highest BCUT2D eigenvalue weighted by atomic mass is 16.5. The molecule has 3 unspecified atom stereocenters. The van der Waals surface area contributed by atoms with Gasteiger partial charge < -0.3 is 9.84 Å². The zero-order chi connectivity index (χ0) is 12.8. The largest absolute Gasteiger partial charge is 0.393 e. The van der Waals surface area contributed by atoms with Gasteiger partial charge in [0.05, 0.1) is 17.3 Å². The van der Waals surface area contributed by atoms with Crippen molar-refractivity contribution in [1.82, 2.24) is 4.90 Å². The Labute approximate surface area is 105 Å². The van der Waals surface area contributed by atoms with E-state index in [9.17, 15) is 5.11 Å². The third kappa shape index (κ3) is 2.67. The third-order valence-electron chi connectivity index (χ3n) is 4.36. The molecule has 0 aliphatic carbocycles. The number of hydrogen-bond acceptors (Lipinski definition) is 3. The average molecular weight is 241 g/mol. The molecule has 2 fully saturated rings. The normalized spacial score (nSPS) is 41.6. The Morgan fingerprint density at radius 1 is 1.24 bits per heavy atom. The molecular weight excluding hydrogens is 214 g/mol. The molecule has 3 heteroatoms. The van der Waals surface area contributed by atoms with Crippen LogP contribution in [0.25, 0.3) is 0 Å². The minimum atomic E-state index is -0.121. The molecule has 100 valence electrons. The molecule has 2 aliphatic heterocycles. The first-order chi connectivity index (χ1) is 7.71. The molecule has 2 saturated heterocycles. The summed E-state index contributed by atoms with van der Waals surface area (Å²) in [5.74, 6) is 0.378. The van der Waals surface area contributed by atoms with Gasteiger partial charge >= 0.3 is 0 Å². The van der Waals surface area contributed by atoms with E-state index in [1.807, 2.05) is 0 Å². The van der Waals surface area contributed by atoms with E-state index in [2.05, 4.69) is 39.5 Å². The van der Waals surface area contributed by atoms with Gasteiger partial charge in [0.15, 0.2) is 0 Å². The molecule has 0 bridgehead atoms. The second-order valence-electron chi connectivity index (χ2n) is 7.01. The van der Waals surface area contributed by atoms with Crippen LogP contribution < -0.4 is 0 Å². The van der Waals surface area contributed by atoms with Gasteiger partial charge in [-0.15, -0.1) is 0 Å². The number of rotatable bonds is 1. The SMILES string of the molecule is CC1CN(C2CC(C)(C)OC2(C)C)CCC1O. The summed E-state index contributed by atoms with van der Waals surface area (Å²) in [5.41, 5.74) is -0.0982. The molecule has 3 nitrogen and oxygen atoms in total. The topological polar surface area (TPSA) is 32.7 Å². The molecule has 1 N–H and O–H groups in total. The Morgan fingerprint density at radius 3 is 2.35 bits per heavy atom. The van der Waals surface area contributed by atoms with E-state index < -0.39 is 0 Å². The van der Waals surface area contributed by atoms with Crippen LogP contribution in [0.15, 0.2) is 0 Å². The predicted molar refractivity (Wildman–Crippen MR) is 69.0 cm³/mol. The molecule has 2 heterocycles. The number of hydrogen-bond donors (Lipinski definition) is 1. The van der Waals surface area contributed by atoms with Crippen LogP contribution in [0.1, 0.15) is 47.5 Å². The second-order valence-corrected chi connectivity index (χ2v) is 7.01. The molecule has 0 aromatic rings. The Bertz CT molecular complexity index is 288. The zero-order valence-corrected chi connectivity index (χ0v) is 11.9. The lowest BCUT2D eigenvalue weighted by molar-refractivity contribution is -0.0878. The van der Waals surface area contributed by atoms with Crippen LogP contribution >= 0.6 is 0 Å². The quantitative estimate of drug-likeness (QED) is 0.762. The summed E-state index contributed by atoms with van der Waals surface area (Å²) in [7, 11) is 0. The number of piperidine rings is 1. The molecule has 0 saturated carbocycles. The number of aliphatic hydroxyl groups is 1. The fourth-order valence-corrected chi connectivity index (χ4v) is 3.55. The molecular formula is C14H27NO2. The summed E-state index contributed by atoms with van der Waals surface area (Å²) < 4.78 is 6.16. The van der Waals surface area contributed by atoms with Gasteiger partial charge in [-0.05, 0) is 46.5 Å². The van der Waals surface area contributed by atoms with Crippen LogP contribution in [0.3, 0.4) is 0 Å². The van der Waals surface area contributed by atoms with Crippen molar-refractivity contribution in [3.8, 4) is 0 Å². The summed E-state index contributed by atoms with van der Waals surface area (Å²) in [4.78, 5) is 2.52. The smallest absolute Gasteiger partial charge is 0.0789 e. The number of ether oxygens (including phenoxy) is 1. The predicted octanol–water partition coefficient (Wildman–Crippen LogP) is 2.04. The highest BCUT2D eigenvalue weighted by molar-refractivity contribution is 5.01. The molecule has 0 amide bonds. The molecule has 2 aliphatic rings. The van der Waals surface area contributed by atoms with E-state index in [0.29, 0.717) is 12.0 Å². The third-order valence-corrected chi connectivity index (χ3v) is 4.36. The van der Waals surface area contributed by atoms with E-state index in [-0.39, 0.29) is 17.3 Å². The second kappa shape index (κ2) is 4.22. The Hall–Kier alpha value is -0.120. The number of likely N-dealkylation sites (tertiary alicyclic amines) is 1. The summed E-state index contributed by atoms with van der Waals surface area (Å²) in [6.45, 7) is 12.9. The molecule has 2 rings (SSSR count). The summed E-state index contributed by atoms with van der Waals surface area (Å²) in [6.07, 6.45) is 1.86. The van der Waals surface area contributed by atoms with Crippen molar-refractivity contribution in [2.45, 2.75) is 70.8 Å². The van der Waals surface area contributed by atoms with Crippen LogP contribution in [-0.2, 0) is 4.74 Å². The van der Waals surface area contributed by atoms with Gasteiger partial charge in [-0.1, -0.05) is 6.92 Å². The van der Waals surface area contributed by atoms with Crippen molar-refractivity contribution in [2.24, 2.45) is 5.92 Å². The van der Waals surface area contributed by atoms with Crippen molar-refractivity contribution in [2.75, 3.05) is 13.1 Å². The number of nitrogens with zero attached hydrogens (tertiary/aromatic N) is 1. The molecule has 0 aromatic carbocycles. The summed E-state index contributed by atoms with van der Waals surface area (Å²) in [5, 5.41) is 9.81. The molecule has 0 spiro atoms. The fraction of sp³-hybridized carbons (Fsp3) is 1.00. The van der Waals surface area contributed by atoms with Crippen molar-refractivity contribution in [1.29, 1.82) is 0 Å². The lowest BCUT2D eigenvalue weighted by Gasteiger charge is -2.42. The van der Waals surface area contributed by atoms with E-state index in [0.717, 1.165) is 25.9 Å². The summed E-state index contributed by atoms with van der Waals surface area (Å²) in [6, 6.07) is 0.479. The lowest BCUT2D eigenvalue weighted by Crippen LogP contribution is -2.52. The molecule has 3 atom stereocenters. The summed E-state index contributed by atoms with van der Waals surface area (Å²) >= 11 is 0. The van der Waals surface area contributed by atoms with Crippen molar-refractivity contribution in [3.05, 3.63) is 0 Å². The lowest BCUT2D eigenvalue weighted by atomic mass is 9.88. The van der Waals surface area contributed by atoms with Crippen LogP contribution in [0, 0.1) is 5.92 Å². The van der Waals surface area contributed by atoms with Crippen LogP contribution in [-0.4, -0.2) is 46.4 Å². The van der Waals surface area contributed by atoms with Crippen LogP contribution in [0.5, 0.6) is 0 Å². The van der Waals surface area contributed by atoms with Crippen LogP contribution in [0.2, 0.25) is 0 Å². The van der Waals surface area contributed by atoms with Gasteiger partial charge in [0.1, 0.15) is 0 Å². The minimum absolute atomic E-state index is 0.0204. The fourth-order valence-electron chi connectivity index (χ4n) is 3.55. The van der Waals surface area contributed by atoms with Gasteiger partial charge in [-0.25, -0.2) is 0 Å². The first kappa shape index (κ1) is 13.3. The molecule has 0 radical (unpaired) electrons.